The summed E-state index contributed by atoms with van der Waals surface area (Å²) >= 11 is 0. The van der Waals surface area contributed by atoms with E-state index in [1.807, 2.05) is 0 Å². The van der Waals surface area contributed by atoms with E-state index in [-0.39, 0.29) is 0 Å². The van der Waals surface area contributed by atoms with Crippen molar-refractivity contribution in [2.45, 2.75) is 194 Å². The lowest BCUT2D eigenvalue weighted by molar-refractivity contribution is -0.720. The van der Waals surface area contributed by atoms with Gasteiger partial charge in [-0.25, -0.2) is 9.13 Å². The number of imidazole rings is 1. The van der Waals surface area contributed by atoms with Crippen molar-refractivity contribution < 1.29 is 4.57 Å². The van der Waals surface area contributed by atoms with Gasteiger partial charge in [-0.05, 0) is 32.6 Å². The number of aromatic nitrogens is 2. The van der Waals surface area contributed by atoms with Gasteiger partial charge in [0, 0.05) is 0 Å². The van der Waals surface area contributed by atoms with Gasteiger partial charge < -0.3 is 0 Å². The molecule has 2 nitrogen and oxygen atoms in total. The minimum atomic E-state index is 0.641. The van der Waals surface area contributed by atoms with E-state index in [9.17, 15) is 0 Å². The fraction of sp³-hybridized carbons (Fsp3) is 0.909. The van der Waals surface area contributed by atoms with E-state index in [4.69, 9.17) is 0 Å². The van der Waals surface area contributed by atoms with Crippen LogP contribution in [0.15, 0.2) is 18.7 Å². The normalized spacial score (nSPS) is 12.4. The van der Waals surface area contributed by atoms with Crippen LogP contribution in [0.4, 0.5) is 0 Å². The zero-order valence-electron chi connectivity index (χ0n) is 24.6. The summed E-state index contributed by atoms with van der Waals surface area (Å²) < 4.78 is 4.85. The summed E-state index contributed by atoms with van der Waals surface area (Å²) in [5.41, 5.74) is 0. The lowest BCUT2D eigenvalue weighted by Gasteiger charge is -2.08. The minimum absolute atomic E-state index is 0.641. The van der Waals surface area contributed by atoms with Crippen LogP contribution in [-0.2, 0) is 6.54 Å². The number of nitrogens with zero attached hydrogens (tertiary/aromatic N) is 2. The van der Waals surface area contributed by atoms with Gasteiger partial charge in [-0.3, -0.25) is 0 Å². The molecular formula is C33H65N2+. The van der Waals surface area contributed by atoms with Crippen LogP contribution in [0.1, 0.15) is 187 Å². The Morgan fingerprint density at radius 3 is 1.31 bits per heavy atom. The SMILES string of the molecule is CCCCCCCCCCCCCCCCCCn1cc[n+](C(C)CCCCCCCCCC)c1. The molecular weight excluding hydrogens is 424 g/mol. The van der Waals surface area contributed by atoms with Crippen LogP contribution in [0.25, 0.3) is 0 Å². The highest BCUT2D eigenvalue weighted by Gasteiger charge is 2.11. The monoisotopic (exact) mass is 490 g/mol. The molecule has 0 N–H and O–H groups in total. The third kappa shape index (κ3) is 20.0. The van der Waals surface area contributed by atoms with Gasteiger partial charge in [-0.1, -0.05) is 149 Å². The first-order valence-corrected chi connectivity index (χ1v) is 16.3. The lowest BCUT2D eigenvalue weighted by Crippen LogP contribution is -2.35. The van der Waals surface area contributed by atoms with E-state index in [1.165, 1.54) is 167 Å². The molecule has 1 atom stereocenters. The molecule has 0 aliphatic rings. The highest BCUT2D eigenvalue weighted by Crippen LogP contribution is 2.15. The van der Waals surface area contributed by atoms with Crippen LogP contribution in [0.5, 0.6) is 0 Å². The molecule has 1 aromatic heterocycles. The van der Waals surface area contributed by atoms with Crippen LogP contribution >= 0.6 is 0 Å². The van der Waals surface area contributed by atoms with Crippen molar-refractivity contribution in [2.24, 2.45) is 0 Å². The van der Waals surface area contributed by atoms with Crippen molar-refractivity contribution in [2.75, 3.05) is 0 Å². The number of rotatable bonds is 27. The van der Waals surface area contributed by atoms with Crippen molar-refractivity contribution >= 4 is 0 Å². The summed E-state index contributed by atoms with van der Waals surface area (Å²) in [5, 5.41) is 0. The van der Waals surface area contributed by atoms with E-state index >= 15 is 0 Å². The second-order valence-corrected chi connectivity index (χ2v) is 11.5. The Kier molecular flexibility index (Phi) is 22.9. The molecule has 0 fully saturated rings. The topological polar surface area (TPSA) is 8.81 Å². The Bertz CT molecular complexity index is 535. The number of hydrogen-bond acceptors (Lipinski definition) is 0. The number of hydrogen-bond donors (Lipinski definition) is 0. The Labute approximate surface area is 221 Å². The quantitative estimate of drug-likeness (QED) is 0.0858. The second-order valence-electron chi connectivity index (χ2n) is 11.5. The Morgan fingerprint density at radius 2 is 0.886 bits per heavy atom. The Hall–Kier alpha value is -0.790. The zero-order valence-corrected chi connectivity index (χ0v) is 24.6. The van der Waals surface area contributed by atoms with Crippen molar-refractivity contribution in [3.63, 3.8) is 0 Å². The van der Waals surface area contributed by atoms with Crippen LogP contribution < -0.4 is 4.57 Å². The predicted molar refractivity (Wildman–Crippen MR) is 156 cm³/mol. The molecule has 2 heteroatoms. The first-order chi connectivity index (χ1) is 17.3. The molecule has 0 aliphatic carbocycles. The largest absolute Gasteiger partial charge is 0.243 e. The summed E-state index contributed by atoms with van der Waals surface area (Å²) in [4.78, 5) is 0. The van der Waals surface area contributed by atoms with Crippen molar-refractivity contribution in [3.8, 4) is 0 Å². The summed E-state index contributed by atoms with van der Waals surface area (Å²) in [6.45, 7) is 8.18. The average Bonchev–Trinajstić information content (AvgIpc) is 3.34. The van der Waals surface area contributed by atoms with Crippen molar-refractivity contribution in [1.29, 1.82) is 0 Å². The van der Waals surface area contributed by atoms with Gasteiger partial charge in [0.2, 0.25) is 6.33 Å². The van der Waals surface area contributed by atoms with Crippen molar-refractivity contribution in [1.82, 2.24) is 4.57 Å². The average molecular weight is 490 g/mol. The van der Waals surface area contributed by atoms with Crippen molar-refractivity contribution in [3.05, 3.63) is 18.7 Å². The maximum atomic E-state index is 2.44. The third-order valence-electron chi connectivity index (χ3n) is 7.97. The maximum absolute atomic E-state index is 2.44. The summed E-state index contributed by atoms with van der Waals surface area (Å²) in [6.07, 6.45) is 42.7. The van der Waals surface area contributed by atoms with Gasteiger partial charge in [0.25, 0.3) is 0 Å². The molecule has 0 aliphatic heterocycles. The van der Waals surface area contributed by atoms with Crippen LogP contribution in [0.2, 0.25) is 0 Å². The lowest BCUT2D eigenvalue weighted by atomic mass is 10.0. The summed E-state index contributed by atoms with van der Waals surface area (Å²) in [5.74, 6) is 0. The molecule has 0 bridgehead atoms. The summed E-state index contributed by atoms with van der Waals surface area (Å²) in [7, 11) is 0. The molecule has 1 heterocycles. The van der Waals surface area contributed by atoms with Gasteiger partial charge >= 0.3 is 0 Å². The van der Waals surface area contributed by atoms with E-state index in [0.29, 0.717) is 6.04 Å². The molecule has 206 valence electrons. The molecule has 0 radical (unpaired) electrons. The second kappa shape index (κ2) is 24.9. The van der Waals surface area contributed by atoms with Gasteiger partial charge in [-0.2, -0.15) is 0 Å². The molecule has 0 saturated carbocycles. The molecule has 1 rings (SSSR count). The first kappa shape index (κ1) is 32.2. The van der Waals surface area contributed by atoms with Gasteiger partial charge in [0.05, 0.1) is 12.6 Å². The third-order valence-corrected chi connectivity index (χ3v) is 7.97. The van der Waals surface area contributed by atoms with Crippen LogP contribution in [-0.4, -0.2) is 4.57 Å². The Balaban J connectivity index is 1.88. The fourth-order valence-corrected chi connectivity index (χ4v) is 5.37. The maximum Gasteiger partial charge on any atom is 0.243 e. The van der Waals surface area contributed by atoms with Gasteiger partial charge in [0.1, 0.15) is 12.4 Å². The van der Waals surface area contributed by atoms with Crippen LogP contribution in [0, 0.1) is 0 Å². The molecule has 35 heavy (non-hydrogen) atoms. The van der Waals surface area contributed by atoms with E-state index in [0.717, 1.165) is 0 Å². The number of aryl methyl sites for hydroxylation is 1. The first-order valence-electron chi connectivity index (χ1n) is 16.3. The molecule has 0 aromatic carbocycles. The minimum Gasteiger partial charge on any atom is -0.237 e. The molecule has 1 aromatic rings. The summed E-state index contributed by atoms with van der Waals surface area (Å²) in [6, 6.07) is 0.641. The fourth-order valence-electron chi connectivity index (χ4n) is 5.37. The molecule has 0 saturated heterocycles. The van der Waals surface area contributed by atoms with E-state index < -0.39 is 0 Å². The van der Waals surface area contributed by atoms with E-state index in [1.54, 1.807) is 0 Å². The number of unbranched alkanes of at least 4 members (excludes halogenated alkanes) is 22. The Morgan fingerprint density at radius 1 is 0.514 bits per heavy atom. The van der Waals surface area contributed by atoms with Gasteiger partial charge in [0.15, 0.2) is 0 Å². The standard InChI is InChI=1S/C33H65N2/c1-4-6-8-10-12-14-15-16-17-18-19-20-21-23-25-27-29-34-30-31-35(32-34)33(3)28-26-24-22-13-11-9-7-5-2/h30-33H,4-29H2,1-3H3/q+1. The zero-order chi connectivity index (χ0) is 25.2. The predicted octanol–water partition coefficient (Wildman–Crippen LogP) is 11.1. The van der Waals surface area contributed by atoms with Gasteiger partial charge in [-0.15, -0.1) is 0 Å². The molecule has 0 spiro atoms. The van der Waals surface area contributed by atoms with E-state index in [2.05, 4.69) is 48.6 Å². The smallest absolute Gasteiger partial charge is 0.237 e. The highest BCUT2D eigenvalue weighted by atomic mass is 15.1. The highest BCUT2D eigenvalue weighted by molar-refractivity contribution is 4.67. The van der Waals surface area contributed by atoms with Crippen LogP contribution in [0.3, 0.4) is 0 Å². The molecule has 0 amide bonds. The molecule has 1 unspecified atom stereocenters.